The predicted octanol–water partition coefficient (Wildman–Crippen LogP) is 2.02. The zero-order chi connectivity index (χ0) is 12.3. The number of Topliss-reactive ketones (excluding diaryl/α,β-unsaturated/α-hetero) is 1. The first-order valence-electron chi connectivity index (χ1n) is 5.88. The Morgan fingerprint density at radius 3 is 2.94 bits per heavy atom. The summed E-state index contributed by atoms with van der Waals surface area (Å²) in [5.74, 6) is 0.302. The molecule has 18 heavy (non-hydrogen) atoms. The Morgan fingerprint density at radius 1 is 1.33 bits per heavy atom. The molecule has 0 bridgehead atoms. The van der Waals surface area contributed by atoms with Crippen molar-refractivity contribution in [1.82, 2.24) is 14.8 Å². The summed E-state index contributed by atoms with van der Waals surface area (Å²) in [5, 5.41) is 9.49. The second-order valence-corrected chi connectivity index (χ2v) is 5.18. The molecule has 92 valence electrons. The topological polar surface area (TPSA) is 57.0 Å². The van der Waals surface area contributed by atoms with Gasteiger partial charge in [-0.1, -0.05) is 11.6 Å². The van der Waals surface area contributed by atoms with Gasteiger partial charge in [0, 0.05) is 29.8 Å². The molecule has 4 rings (SSSR count). The van der Waals surface area contributed by atoms with Crippen molar-refractivity contribution < 1.29 is 9.53 Å². The molecule has 0 atom stereocenters. The van der Waals surface area contributed by atoms with Gasteiger partial charge in [-0.05, 0) is 6.07 Å². The van der Waals surface area contributed by atoms with Crippen LogP contribution in [0.15, 0.2) is 6.07 Å². The van der Waals surface area contributed by atoms with E-state index in [1.807, 2.05) is 6.07 Å². The smallest absolute Gasteiger partial charge is 0.163 e. The molecule has 5 nitrogen and oxygen atoms in total. The van der Waals surface area contributed by atoms with Crippen molar-refractivity contribution in [3.05, 3.63) is 22.5 Å². The maximum absolute atomic E-state index is 11.2. The van der Waals surface area contributed by atoms with Crippen molar-refractivity contribution in [1.29, 1.82) is 0 Å². The average Bonchev–Trinajstić information content (AvgIpc) is 2.86. The zero-order valence-electron chi connectivity index (χ0n) is 9.52. The fourth-order valence-electron chi connectivity index (χ4n) is 2.80. The molecule has 0 saturated heterocycles. The number of carbonyl (C=O) groups excluding carboxylic acids is 1. The van der Waals surface area contributed by atoms with Crippen molar-refractivity contribution in [3.8, 4) is 0 Å². The van der Waals surface area contributed by atoms with Crippen LogP contribution in [0.25, 0.3) is 11.0 Å². The number of fused-ring (bicyclic) bond motifs is 3. The molecule has 2 aromatic rings. The maximum Gasteiger partial charge on any atom is 0.163 e. The summed E-state index contributed by atoms with van der Waals surface area (Å²) in [6, 6.07) is 2.04. The first kappa shape index (κ1) is 10.5. The molecule has 2 aliphatic rings. The molecule has 0 aromatic carbocycles. The van der Waals surface area contributed by atoms with Crippen molar-refractivity contribution in [2.24, 2.45) is 0 Å². The molecule has 6 heteroatoms. The summed E-state index contributed by atoms with van der Waals surface area (Å²) in [6.45, 7) is 1.16. The van der Waals surface area contributed by atoms with E-state index in [0.29, 0.717) is 37.0 Å². The zero-order valence-corrected chi connectivity index (χ0v) is 10.3. The van der Waals surface area contributed by atoms with Gasteiger partial charge in [-0.15, -0.1) is 10.2 Å². The van der Waals surface area contributed by atoms with Crippen LogP contribution in [0.1, 0.15) is 30.1 Å². The second kappa shape index (κ2) is 3.52. The van der Waals surface area contributed by atoms with Gasteiger partial charge >= 0.3 is 0 Å². The van der Waals surface area contributed by atoms with E-state index in [-0.39, 0.29) is 6.04 Å². The van der Waals surface area contributed by atoms with Crippen LogP contribution in [-0.2, 0) is 22.7 Å². The number of rotatable bonds is 1. The van der Waals surface area contributed by atoms with E-state index in [1.54, 1.807) is 0 Å². The molecule has 2 aromatic heterocycles. The van der Waals surface area contributed by atoms with Crippen molar-refractivity contribution in [2.75, 3.05) is 0 Å². The van der Waals surface area contributed by atoms with E-state index in [1.165, 1.54) is 0 Å². The van der Waals surface area contributed by atoms with Crippen LogP contribution in [-0.4, -0.2) is 20.5 Å². The largest absolute Gasteiger partial charge is 0.370 e. The van der Waals surface area contributed by atoms with Crippen LogP contribution in [0, 0.1) is 0 Å². The lowest BCUT2D eigenvalue weighted by Crippen LogP contribution is -2.27. The third-order valence-corrected chi connectivity index (χ3v) is 3.90. The number of hydrogen-bond donors (Lipinski definition) is 0. The molecule has 0 amide bonds. The lowest BCUT2D eigenvalue weighted by atomic mass is 9.91. The van der Waals surface area contributed by atoms with E-state index < -0.39 is 0 Å². The number of carbonyl (C=O) groups is 1. The van der Waals surface area contributed by atoms with E-state index in [9.17, 15) is 4.79 Å². The number of hydrogen-bond acceptors (Lipinski definition) is 4. The third-order valence-electron chi connectivity index (χ3n) is 3.71. The van der Waals surface area contributed by atoms with Gasteiger partial charge in [-0.3, -0.25) is 4.79 Å². The van der Waals surface area contributed by atoms with Gasteiger partial charge in [-0.25, -0.2) is 0 Å². The quantitative estimate of drug-likeness (QED) is 0.790. The summed E-state index contributed by atoms with van der Waals surface area (Å²) in [5.41, 5.74) is 3.09. The Balaban J connectivity index is 1.98. The van der Waals surface area contributed by atoms with Gasteiger partial charge in [-0.2, -0.15) is 0 Å². The average molecular weight is 264 g/mol. The molecule has 0 unspecified atom stereocenters. The first-order valence-corrected chi connectivity index (χ1v) is 6.26. The summed E-state index contributed by atoms with van der Waals surface area (Å²) in [6.07, 6.45) is 1.17. The molecule has 1 aliphatic heterocycles. The molecular formula is C12H10ClN3O2. The number of ether oxygens (including phenoxy) is 1. The van der Waals surface area contributed by atoms with Crippen molar-refractivity contribution in [2.45, 2.75) is 32.1 Å². The Kier molecular flexibility index (Phi) is 2.05. The lowest BCUT2D eigenvalue weighted by molar-refractivity contribution is -0.126. The van der Waals surface area contributed by atoms with Crippen LogP contribution in [0.5, 0.6) is 0 Å². The molecule has 0 radical (unpaired) electrons. The van der Waals surface area contributed by atoms with Gasteiger partial charge < -0.3 is 9.30 Å². The molecule has 1 fully saturated rings. The van der Waals surface area contributed by atoms with E-state index in [4.69, 9.17) is 16.3 Å². The number of nitrogens with zero attached hydrogens (tertiary/aromatic N) is 3. The minimum Gasteiger partial charge on any atom is -0.370 e. The highest BCUT2D eigenvalue weighted by molar-refractivity contribution is 6.29. The Bertz CT molecular complexity index is 672. The van der Waals surface area contributed by atoms with Crippen LogP contribution in [0.4, 0.5) is 0 Å². The molecule has 1 aliphatic carbocycles. The highest BCUT2D eigenvalue weighted by atomic mass is 35.5. The SMILES string of the molecule is O=C1CC(n2c3c(c4cc(Cl)nnc42)COC3)C1. The van der Waals surface area contributed by atoms with E-state index in [0.717, 1.165) is 22.3 Å². The van der Waals surface area contributed by atoms with E-state index in [2.05, 4.69) is 14.8 Å². The third kappa shape index (κ3) is 1.29. The second-order valence-electron chi connectivity index (χ2n) is 4.79. The monoisotopic (exact) mass is 263 g/mol. The maximum atomic E-state index is 11.2. The Morgan fingerprint density at radius 2 is 2.17 bits per heavy atom. The predicted molar refractivity (Wildman–Crippen MR) is 64.3 cm³/mol. The fourth-order valence-corrected chi connectivity index (χ4v) is 2.95. The highest BCUT2D eigenvalue weighted by Crippen LogP contribution is 2.39. The highest BCUT2D eigenvalue weighted by Gasteiger charge is 2.34. The normalized spacial score (nSPS) is 19.3. The molecule has 3 heterocycles. The van der Waals surface area contributed by atoms with Gasteiger partial charge in [0.05, 0.1) is 18.9 Å². The number of halogens is 1. The molecule has 0 spiro atoms. The molecular weight excluding hydrogens is 254 g/mol. The summed E-state index contributed by atoms with van der Waals surface area (Å²) < 4.78 is 7.61. The van der Waals surface area contributed by atoms with Gasteiger partial charge in [0.2, 0.25) is 0 Å². The summed E-state index contributed by atoms with van der Waals surface area (Å²) in [7, 11) is 0. The lowest BCUT2D eigenvalue weighted by Gasteiger charge is -2.27. The summed E-state index contributed by atoms with van der Waals surface area (Å²) in [4.78, 5) is 11.2. The minimum atomic E-state index is 0.209. The van der Waals surface area contributed by atoms with Crippen LogP contribution >= 0.6 is 11.6 Å². The van der Waals surface area contributed by atoms with E-state index >= 15 is 0 Å². The van der Waals surface area contributed by atoms with Crippen molar-refractivity contribution >= 4 is 28.4 Å². The first-order chi connectivity index (χ1) is 8.74. The van der Waals surface area contributed by atoms with Crippen molar-refractivity contribution in [3.63, 3.8) is 0 Å². The van der Waals surface area contributed by atoms with Gasteiger partial charge in [0.25, 0.3) is 0 Å². The van der Waals surface area contributed by atoms with Crippen LogP contribution in [0.2, 0.25) is 5.15 Å². The molecule has 1 saturated carbocycles. The Labute approximate surface area is 108 Å². The van der Waals surface area contributed by atoms with Crippen LogP contribution < -0.4 is 0 Å². The number of aromatic nitrogens is 3. The molecule has 0 N–H and O–H groups in total. The Hall–Kier alpha value is -1.46. The summed E-state index contributed by atoms with van der Waals surface area (Å²) >= 11 is 5.90. The number of ketones is 1. The standard InChI is InChI=1S/C12H10ClN3O2/c13-11-3-8-9-4-18-5-10(9)16(12(8)15-14-11)6-1-7(17)2-6/h3,6H,1-2,4-5H2. The minimum absolute atomic E-state index is 0.209. The van der Waals surface area contributed by atoms with Gasteiger partial charge in [0.15, 0.2) is 10.8 Å². The van der Waals surface area contributed by atoms with Crippen LogP contribution in [0.3, 0.4) is 0 Å². The fraction of sp³-hybridized carbons (Fsp3) is 0.417. The van der Waals surface area contributed by atoms with Gasteiger partial charge in [0.1, 0.15) is 5.78 Å².